The van der Waals surface area contributed by atoms with Crippen molar-refractivity contribution in [1.29, 1.82) is 0 Å². The first kappa shape index (κ1) is 47.4. The summed E-state index contributed by atoms with van der Waals surface area (Å²) >= 11 is 0. The molecule has 8 unspecified atom stereocenters. The molecule has 0 saturated carbocycles. The molecule has 0 aromatic carbocycles. The van der Waals surface area contributed by atoms with Gasteiger partial charge in [0, 0.05) is 6.61 Å². The summed E-state index contributed by atoms with van der Waals surface area (Å²) in [7, 11) is -22.6. The smallest absolute Gasteiger partial charge is 0.218 e. The van der Waals surface area contributed by atoms with Crippen molar-refractivity contribution in [2.24, 2.45) is 5.73 Å². The molecular formula is C23H40N2O25S4-4. The van der Waals surface area contributed by atoms with Crippen molar-refractivity contribution in [3.05, 3.63) is 0 Å². The van der Waals surface area contributed by atoms with Crippen LogP contribution >= 0.6 is 0 Å². The fourth-order valence-electron chi connectivity index (χ4n) is 5.62. The molecule has 0 spiro atoms. The number of aliphatic hydroxyl groups is 4. The molecule has 0 amide bonds. The Morgan fingerprint density at radius 1 is 0.630 bits per heavy atom. The fraction of sp³-hybridized carbons (Fsp3) is 1.00. The second kappa shape index (κ2) is 19.2. The van der Waals surface area contributed by atoms with E-state index in [0.717, 1.165) is 6.92 Å². The Bertz CT molecular complexity index is 1650. The summed E-state index contributed by atoms with van der Waals surface area (Å²) in [6.07, 6.45) is -27.8. The molecule has 0 radical (unpaired) electrons. The summed E-state index contributed by atoms with van der Waals surface area (Å²) in [6.45, 7) is 1.09. The van der Waals surface area contributed by atoms with Crippen LogP contribution in [0.3, 0.4) is 0 Å². The van der Waals surface area contributed by atoms with Crippen LogP contribution < -0.4 is 10.5 Å². The molecule has 3 aliphatic rings. The van der Waals surface area contributed by atoms with E-state index in [4.69, 9.17) is 34.2 Å². The Hall–Kier alpha value is -0.960. The van der Waals surface area contributed by atoms with Gasteiger partial charge in [-0.05, 0) is 39.7 Å². The van der Waals surface area contributed by atoms with Crippen LogP contribution in [0.4, 0.5) is 0 Å². The van der Waals surface area contributed by atoms with E-state index in [1.54, 1.807) is 0 Å². The van der Waals surface area contributed by atoms with Gasteiger partial charge in [0.05, 0.1) is 18.8 Å². The molecular weight excluding hydrogens is 833 g/mol. The highest BCUT2D eigenvalue weighted by Gasteiger charge is 2.55. The maximum Gasteiger partial charge on any atom is 0.218 e. The van der Waals surface area contributed by atoms with Crippen molar-refractivity contribution in [2.45, 2.75) is 125 Å². The standard InChI is InChI=1S/C23H44N2O25S4/c1-9-13(26)15(28)19(49-53(36,37)38)23(44-9)48-18-11(8-43-52(33,34)35)46-21(12(14(18)27)25-51(30,31)32)47-17-10(2)45-22(42-7-5-3-4-6-24)20(16(17)29)50-54(39,40)41/h9-23,25-29H,3-8,24H2,1-2H3,(H,30,31,32)(H,33,34,35)(H,36,37,38)(H,39,40,41)/p-4/t9?,10?,11?,12?,13?,14-,15-,16-,17?,18-,19?,20?,21-,22-,23+/m1/s1. The fourth-order valence-corrected chi connectivity index (χ4v) is 7.46. The predicted octanol–water partition coefficient (Wildman–Crippen LogP) is -6.85. The Morgan fingerprint density at radius 3 is 1.72 bits per heavy atom. The molecule has 3 rings (SSSR count). The monoisotopic (exact) mass is 872 g/mol. The van der Waals surface area contributed by atoms with E-state index in [1.807, 2.05) is 0 Å². The molecule has 3 fully saturated rings. The normalized spacial score (nSPS) is 38.7. The summed E-state index contributed by atoms with van der Waals surface area (Å²) in [4.78, 5) is 0. The van der Waals surface area contributed by atoms with Gasteiger partial charge < -0.3 is 72.8 Å². The lowest BCUT2D eigenvalue weighted by atomic mass is 9.95. The predicted molar refractivity (Wildman–Crippen MR) is 161 cm³/mol. The summed E-state index contributed by atoms with van der Waals surface area (Å²) < 4.78 is 186. The SMILES string of the molecule is CC1O[C@@H](O[C@@H]2C(COS(=O)(=O)[O-])O[C@H](OC3C(C)O[C@@H](OCCCCCN)C(OS(=O)(=O)[O-])[C@@H]3O)C(NS(=O)(=O)[O-])[C@H]2O)C(OS(=O)(=O)[O-])[C@H](O)C1O. The third-order valence-corrected chi connectivity index (χ3v) is 9.94. The number of ether oxygens (including phenoxy) is 6. The second-order valence-electron chi connectivity index (χ2n) is 12.1. The van der Waals surface area contributed by atoms with Crippen LogP contribution in [-0.4, -0.2) is 184 Å². The summed E-state index contributed by atoms with van der Waals surface area (Å²) in [5.41, 5.74) is 5.43. The van der Waals surface area contributed by atoms with Gasteiger partial charge in [0.25, 0.3) is 0 Å². The number of unbranched alkanes of at least 4 members (excludes halogenated alkanes) is 2. The van der Waals surface area contributed by atoms with E-state index >= 15 is 0 Å². The van der Waals surface area contributed by atoms with Gasteiger partial charge in [-0.15, -0.1) is 0 Å². The molecule has 0 bridgehead atoms. The molecule has 320 valence electrons. The number of nitrogens with two attached hydrogens (primary N) is 1. The molecule has 3 saturated heterocycles. The zero-order chi connectivity index (χ0) is 41.0. The maximum absolute atomic E-state index is 11.9. The highest BCUT2D eigenvalue weighted by Crippen LogP contribution is 2.35. The van der Waals surface area contributed by atoms with Gasteiger partial charge in [0.1, 0.15) is 48.8 Å². The molecule has 7 N–H and O–H groups in total. The molecule has 0 aromatic heterocycles. The summed E-state index contributed by atoms with van der Waals surface area (Å²) in [6, 6.07) is -2.39. The van der Waals surface area contributed by atoms with E-state index in [0.29, 0.717) is 25.8 Å². The van der Waals surface area contributed by atoms with E-state index in [-0.39, 0.29) is 6.61 Å². The Balaban J connectivity index is 2.00. The van der Waals surface area contributed by atoms with Crippen molar-refractivity contribution >= 4 is 41.5 Å². The first-order chi connectivity index (χ1) is 24.7. The van der Waals surface area contributed by atoms with Crippen molar-refractivity contribution in [3.63, 3.8) is 0 Å². The van der Waals surface area contributed by atoms with Crippen LogP contribution in [0.2, 0.25) is 0 Å². The zero-order valence-corrected chi connectivity index (χ0v) is 31.2. The molecule has 27 nitrogen and oxygen atoms in total. The van der Waals surface area contributed by atoms with Crippen molar-refractivity contribution < 1.29 is 113 Å². The van der Waals surface area contributed by atoms with Crippen LogP contribution in [0, 0.1) is 0 Å². The maximum atomic E-state index is 11.9. The van der Waals surface area contributed by atoms with E-state index < -0.39 is 140 Å². The van der Waals surface area contributed by atoms with E-state index in [1.165, 1.54) is 11.6 Å². The van der Waals surface area contributed by atoms with Gasteiger partial charge in [0.2, 0.25) is 31.2 Å². The van der Waals surface area contributed by atoms with Crippen LogP contribution in [-0.2, 0) is 82.5 Å². The molecule has 0 aromatic rings. The average Bonchev–Trinajstić information content (AvgIpc) is 3.01. The lowest BCUT2D eigenvalue weighted by molar-refractivity contribution is -0.359. The number of nitrogens with one attached hydrogen (secondary N) is 1. The minimum Gasteiger partial charge on any atom is -0.735 e. The molecule has 54 heavy (non-hydrogen) atoms. The zero-order valence-electron chi connectivity index (χ0n) is 28.0. The minimum absolute atomic E-state index is 0.114. The minimum atomic E-state index is -5.72. The lowest BCUT2D eigenvalue weighted by Gasteiger charge is -2.49. The van der Waals surface area contributed by atoms with Crippen molar-refractivity contribution in [2.75, 3.05) is 19.8 Å². The van der Waals surface area contributed by atoms with Crippen LogP contribution in [0.15, 0.2) is 0 Å². The third-order valence-electron chi connectivity index (χ3n) is 8.04. The van der Waals surface area contributed by atoms with Gasteiger partial charge in [-0.25, -0.2) is 38.4 Å². The van der Waals surface area contributed by atoms with Crippen LogP contribution in [0.5, 0.6) is 0 Å². The second-order valence-corrected chi connectivity index (χ2v) is 16.3. The topological polar surface area (TPSA) is 431 Å². The van der Waals surface area contributed by atoms with Gasteiger partial charge in [-0.2, -0.15) is 0 Å². The average molecular weight is 873 g/mol. The largest absolute Gasteiger partial charge is 0.735 e. The Labute approximate surface area is 309 Å². The third kappa shape index (κ3) is 14.1. The molecule has 0 aliphatic carbocycles. The highest BCUT2D eigenvalue weighted by molar-refractivity contribution is 7.83. The molecule has 15 atom stereocenters. The van der Waals surface area contributed by atoms with Gasteiger partial charge in [0.15, 0.2) is 41.4 Å². The summed E-state index contributed by atoms with van der Waals surface area (Å²) in [5, 5.41) is 43.1. The number of hydrogen-bond acceptors (Lipinski definition) is 26. The molecule has 3 heterocycles. The first-order valence-corrected chi connectivity index (χ1v) is 21.0. The first-order valence-electron chi connectivity index (χ1n) is 15.6. The molecule has 31 heteroatoms. The number of rotatable bonds is 19. The van der Waals surface area contributed by atoms with Gasteiger partial charge >= 0.3 is 0 Å². The highest BCUT2D eigenvalue weighted by atomic mass is 32.3. The number of aliphatic hydroxyl groups excluding tert-OH is 4. The molecule has 3 aliphatic heterocycles. The lowest BCUT2D eigenvalue weighted by Crippen LogP contribution is -2.69. The van der Waals surface area contributed by atoms with Crippen LogP contribution in [0.1, 0.15) is 33.1 Å². The number of hydrogen-bond donors (Lipinski definition) is 6. The van der Waals surface area contributed by atoms with Crippen molar-refractivity contribution in [1.82, 2.24) is 4.72 Å². The van der Waals surface area contributed by atoms with E-state index in [9.17, 15) is 72.3 Å². The van der Waals surface area contributed by atoms with E-state index in [2.05, 4.69) is 12.5 Å². The quantitative estimate of drug-likeness (QED) is 0.0399. The van der Waals surface area contributed by atoms with Crippen molar-refractivity contribution in [3.8, 4) is 0 Å². The summed E-state index contributed by atoms with van der Waals surface area (Å²) in [5.74, 6) is 0. The van der Waals surface area contributed by atoms with Crippen LogP contribution in [0.25, 0.3) is 0 Å². The van der Waals surface area contributed by atoms with Gasteiger partial charge in [-0.3, -0.25) is 12.5 Å². The van der Waals surface area contributed by atoms with Gasteiger partial charge in [-0.1, -0.05) is 0 Å². The Morgan fingerprint density at radius 2 is 1.19 bits per heavy atom. The Kier molecular flexibility index (Phi) is 16.9.